The van der Waals surface area contributed by atoms with E-state index in [1.54, 1.807) is 12.1 Å². The number of anilines is 2. The molecule has 1 aromatic heterocycles. The molecule has 0 bridgehead atoms. The Morgan fingerprint density at radius 3 is 2.59 bits per heavy atom. The molecule has 13 heteroatoms. The molecule has 1 aliphatic rings. The zero-order chi connectivity index (χ0) is 28.7. The molecule has 0 radical (unpaired) electrons. The van der Waals surface area contributed by atoms with E-state index in [-0.39, 0.29) is 60.7 Å². The highest BCUT2D eigenvalue weighted by Gasteiger charge is 2.30. The van der Waals surface area contributed by atoms with Gasteiger partial charge in [0, 0.05) is 31.4 Å². The summed E-state index contributed by atoms with van der Waals surface area (Å²) in [5.74, 6) is -1.44. The molecule has 2 aromatic rings. The second kappa shape index (κ2) is 13.5. The van der Waals surface area contributed by atoms with Crippen LogP contribution in [0.2, 0.25) is 4.34 Å². The summed E-state index contributed by atoms with van der Waals surface area (Å²) in [6.07, 6.45) is 0. The van der Waals surface area contributed by atoms with E-state index in [2.05, 4.69) is 10.6 Å². The maximum Gasteiger partial charge on any atom is 0.387 e. The predicted octanol–water partition coefficient (Wildman–Crippen LogP) is 4.47. The summed E-state index contributed by atoms with van der Waals surface area (Å²) in [5.41, 5.74) is 0.209. The van der Waals surface area contributed by atoms with E-state index in [9.17, 15) is 23.2 Å². The van der Waals surface area contributed by atoms with Crippen LogP contribution < -0.4 is 20.3 Å². The standard InChI is InChI=1S/C26H33ClF2N4O5S/c1-5-32(15-26(2,3)4)18(13-30-24(36)20-8-9-21(27)39-20)23(35)31-16-6-7-17(19(12-16)38-25(28)29)33-10-11-37-14-22(33)34/h6-9,12,18,25H,5,10-11,13-15H2,1-4H3,(H,30,36)(H,31,35)/t18-/m1/s1. The highest BCUT2D eigenvalue weighted by atomic mass is 35.5. The summed E-state index contributed by atoms with van der Waals surface area (Å²) in [5, 5.41) is 5.57. The number of benzene rings is 1. The second-order valence-electron chi connectivity index (χ2n) is 10.1. The van der Waals surface area contributed by atoms with Crippen molar-refractivity contribution >= 4 is 52.0 Å². The first kappa shape index (κ1) is 30.7. The number of carbonyl (C=O) groups excluding carboxylic acids is 3. The molecule has 0 spiro atoms. The number of hydrogen-bond acceptors (Lipinski definition) is 7. The zero-order valence-electron chi connectivity index (χ0n) is 22.3. The predicted molar refractivity (Wildman–Crippen MR) is 147 cm³/mol. The number of nitrogens with one attached hydrogen (secondary N) is 2. The van der Waals surface area contributed by atoms with Gasteiger partial charge in [-0.05, 0) is 36.2 Å². The number of alkyl halides is 2. The van der Waals surface area contributed by atoms with Gasteiger partial charge < -0.3 is 25.0 Å². The fourth-order valence-electron chi connectivity index (χ4n) is 4.16. The Morgan fingerprint density at radius 1 is 1.26 bits per heavy atom. The van der Waals surface area contributed by atoms with Crippen LogP contribution >= 0.6 is 22.9 Å². The molecule has 0 aliphatic carbocycles. The van der Waals surface area contributed by atoms with Gasteiger partial charge in [-0.1, -0.05) is 39.3 Å². The average Bonchev–Trinajstić information content (AvgIpc) is 3.29. The van der Waals surface area contributed by atoms with Crippen LogP contribution in [0, 0.1) is 5.41 Å². The summed E-state index contributed by atoms with van der Waals surface area (Å²) in [4.78, 5) is 42.1. The van der Waals surface area contributed by atoms with E-state index in [0.717, 1.165) is 11.3 Å². The number of hydrogen-bond donors (Lipinski definition) is 2. The number of rotatable bonds is 11. The van der Waals surface area contributed by atoms with Crippen LogP contribution in [0.5, 0.6) is 5.75 Å². The number of amides is 3. The van der Waals surface area contributed by atoms with Crippen molar-refractivity contribution in [3.05, 3.63) is 39.5 Å². The van der Waals surface area contributed by atoms with Crippen LogP contribution in [-0.4, -0.2) is 74.7 Å². The number of likely N-dealkylation sites (N-methyl/N-ethyl adjacent to an activating group) is 1. The fraction of sp³-hybridized carbons (Fsp3) is 0.500. The maximum atomic E-state index is 13.5. The summed E-state index contributed by atoms with van der Waals surface area (Å²) in [6, 6.07) is 6.67. The lowest BCUT2D eigenvalue weighted by Crippen LogP contribution is -2.52. The maximum absolute atomic E-state index is 13.5. The quantitative estimate of drug-likeness (QED) is 0.403. The van der Waals surface area contributed by atoms with Gasteiger partial charge in [-0.25, -0.2) is 0 Å². The molecule has 3 amide bonds. The molecule has 214 valence electrons. The van der Waals surface area contributed by atoms with E-state index in [1.807, 2.05) is 32.6 Å². The Labute approximate surface area is 235 Å². The van der Waals surface area contributed by atoms with Gasteiger partial charge in [-0.2, -0.15) is 8.78 Å². The monoisotopic (exact) mass is 586 g/mol. The molecule has 1 aliphatic heterocycles. The molecule has 2 N–H and O–H groups in total. The summed E-state index contributed by atoms with van der Waals surface area (Å²) in [7, 11) is 0. The van der Waals surface area contributed by atoms with E-state index >= 15 is 0 Å². The third kappa shape index (κ3) is 8.85. The minimum Gasteiger partial charge on any atom is -0.433 e. The molecule has 1 atom stereocenters. The van der Waals surface area contributed by atoms with Crippen molar-refractivity contribution < 1.29 is 32.6 Å². The zero-order valence-corrected chi connectivity index (χ0v) is 23.8. The molecule has 0 saturated carbocycles. The highest BCUT2D eigenvalue weighted by Crippen LogP contribution is 2.34. The Kier molecular flexibility index (Phi) is 10.6. The number of morpholine rings is 1. The van der Waals surface area contributed by atoms with E-state index in [4.69, 9.17) is 21.1 Å². The molecule has 1 saturated heterocycles. The lowest BCUT2D eigenvalue weighted by atomic mass is 9.95. The van der Waals surface area contributed by atoms with Crippen LogP contribution in [0.3, 0.4) is 0 Å². The molecule has 3 rings (SSSR count). The van der Waals surface area contributed by atoms with Gasteiger partial charge in [0.05, 0.1) is 21.5 Å². The van der Waals surface area contributed by atoms with Gasteiger partial charge in [0.1, 0.15) is 12.6 Å². The molecular weight excluding hydrogens is 554 g/mol. The smallest absolute Gasteiger partial charge is 0.387 e. The summed E-state index contributed by atoms with van der Waals surface area (Å²) in [6.45, 7) is 6.24. The first-order chi connectivity index (χ1) is 18.4. The summed E-state index contributed by atoms with van der Waals surface area (Å²) >= 11 is 7.08. The van der Waals surface area contributed by atoms with Crippen LogP contribution in [-0.2, 0) is 14.3 Å². The van der Waals surface area contributed by atoms with Crippen molar-refractivity contribution in [3.63, 3.8) is 0 Å². The van der Waals surface area contributed by atoms with Crippen molar-refractivity contribution in [2.24, 2.45) is 5.41 Å². The fourth-order valence-corrected chi connectivity index (χ4v) is 5.12. The third-order valence-electron chi connectivity index (χ3n) is 5.80. The molecule has 9 nitrogen and oxygen atoms in total. The topological polar surface area (TPSA) is 100 Å². The first-order valence-electron chi connectivity index (χ1n) is 12.4. The molecule has 39 heavy (non-hydrogen) atoms. The summed E-state index contributed by atoms with van der Waals surface area (Å²) < 4.78 is 36.7. The molecular formula is C26H33ClF2N4O5S. The van der Waals surface area contributed by atoms with Gasteiger partial charge in [-0.15, -0.1) is 11.3 Å². The van der Waals surface area contributed by atoms with Crippen molar-refractivity contribution in [1.82, 2.24) is 10.2 Å². The number of nitrogens with zero attached hydrogens (tertiary/aromatic N) is 2. The Bertz CT molecular complexity index is 1170. The Morgan fingerprint density at radius 2 is 2.00 bits per heavy atom. The van der Waals surface area contributed by atoms with Gasteiger partial charge >= 0.3 is 6.61 Å². The average molecular weight is 587 g/mol. The Hall–Kier alpha value is -2.80. The largest absolute Gasteiger partial charge is 0.433 e. The van der Waals surface area contributed by atoms with E-state index in [0.29, 0.717) is 22.3 Å². The number of thiophene rings is 1. The third-order valence-corrected chi connectivity index (χ3v) is 7.03. The van der Waals surface area contributed by atoms with Gasteiger partial charge in [0.2, 0.25) is 5.91 Å². The minimum atomic E-state index is -3.14. The molecule has 1 fully saturated rings. The van der Waals surface area contributed by atoms with Crippen LogP contribution in [0.1, 0.15) is 37.4 Å². The lowest BCUT2D eigenvalue weighted by molar-refractivity contribution is -0.126. The highest BCUT2D eigenvalue weighted by molar-refractivity contribution is 7.18. The normalized spacial score (nSPS) is 15.0. The lowest BCUT2D eigenvalue weighted by Gasteiger charge is -2.35. The van der Waals surface area contributed by atoms with E-state index in [1.165, 1.54) is 23.1 Å². The molecule has 1 aromatic carbocycles. The van der Waals surface area contributed by atoms with Gasteiger partial charge in [0.25, 0.3) is 11.8 Å². The van der Waals surface area contributed by atoms with Crippen molar-refractivity contribution in [2.45, 2.75) is 40.3 Å². The minimum absolute atomic E-state index is 0.00482. The van der Waals surface area contributed by atoms with Crippen LogP contribution in [0.25, 0.3) is 0 Å². The number of ether oxygens (including phenoxy) is 2. The van der Waals surface area contributed by atoms with E-state index < -0.39 is 18.6 Å². The van der Waals surface area contributed by atoms with Crippen LogP contribution in [0.15, 0.2) is 30.3 Å². The van der Waals surface area contributed by atoms with Crippen molar-refractivity contribution in [3.8, 4) is 5.75 Å². The molecule has 2 heterocycles. The van der Waals surface area contributed by atoms with Crippen molar-refractivity contribution in [2.75, 3.05) is 49.6 Å². The van der Waals surface area contributed by atoms with Crippen LogP contribution in [0.4, 0.5) is 20.2 Å². The Balaban J connectivity index is 1.84. The molecule has 0 unspecified atom stereocenters. The van der Waals surface area contributed by atoms with Gasteiger partial charge in [-0.3, -0.25) is 19.3 Å². The SMILES string of the molecule is CCN(CC(C)(C)C)[C@H](CNC(=O)c1ccc(Cl)s1)C(=O)Nc1ccc(N2CCOCC2=O)c(OC(F)F)c1. The van der Waals surface area contributed by atoms with Gasteiger partial charge in [0.15, 0.2) is 5.75 Å². The second-order valence-corrected chi connectivity index (χ2v) is 11.8. The first-order valence-corrected chi connectivity index (χ1v) is 13.6. The van der Waals surface area contributed by atoms with Crippen molar-refractivity contribution in [1.29, 1.82) is 0 Å². The number of carbonyl (C=O) groups is 3. The number of halogens is 3.